The molecule has 64 valence electrons. The second-order valence-electron chi connectivity index (χ2n) is 2.01. The third kappa shape index (κ3) is 2.95. The van der Waals surface area contributed by atoms with Crippen LogP contribution < -0.4 is 0 Å². The van der Waals surface area contributed by atoms with E-state index in [2.05, 4.69) is 4.98 Å². The van der Waals surface area contributed by atoms with Crippen LogP contribution >= 0.6 is 0 Å². The Balaban J connectivity index is 0.00000144. The molecule has 1 aromatic heterocycles. The predicted molar refractivity (Wildman–Crippen MR) is 43.9 cm³/mol. The third-order valence-electron chi connectivity index (χ3n) is 1.24. The van der Waals surface area contributed by atoms with Crippen molar-refractivity contribution in [2.75, 3.05) is 0 Å². The van der Waals surface area contributed by atoms with Crippen molar-refractivity contribution in [3.63, 3.8) is 0 Å². The second-order valence-corrected chi connectivity index (χ2v) is 2.01. The van der Waals surface area contributed by atoms with Crippen molar-refractivity contribution < 1.29 is 19.8 Å². The SMILES string of the molecule is O=C(O)c1cccnc1C(=O)O.[Ca]. The second kappa shape index (κ2) is 5.16. The first kappa shape index (κ1) is 12.3. The Bertz CT molecular complexity index is 306. The average molecular weight is 207 g/mol. The number of pyridine rings is 1. The molecule has 0 aromatic carbocycles. The topological polar surface area (TPSA) is 87.5 Å². The number of hydrogen-bond donors (Lipinski definition) is 2. The van der Waals surface area contributed by atoms with Crippen LogP contribution in [0.2, 0.25) is 0 Å². The first-order valence-corrected chi connectivity index (χ1v) is 3.04. The summed E-state index contributed by atoms with van der Waals surface area (Å²) in [6.07, 6.45) is 1.23. The number of aromatic carboxylic acids is 2. The van der Waals surface area contributed by atoms with Crippen molar-refractivity contribution in [1.82, 2.24) is 4.98 Å². The van der Waals surface area contributed by atoms with E-state index in [1.54, 1.807) is 0 Å². The van der Waals surface area contributed by atoms with E-state index in [-0.39, 0.29) is 43.3 Å². The maximum Gasteiger partial charge on any atom is 0.355 e. The largest absolute Gasteiger partial charge is 0.478 e. The van der Waals surface area contributed by atoms with E-state index in [9.17, 15) is 9.59 Å². The van der Waals surface area contributed by atoms with E-state index in [0.717, 1.165) is 0 Å². The minimum atomic E-state index is -1.34. The van der Waals surface area contributed by atoms with Crippen LogP contribution in [0.1, 0.15) is 20.8 Å². The molecular formula is C7H5CaNO4. The molecule has 0 bridgehead atoms. The van der Waals surface area contributed by atoms with Gasteiger partial charge in [-0.25, -0.2) is 14.6 Å². The molecule has 2 radical (unpaired) electrons. The molecule has 0 amide bonds. The summed E-state index contributed by atoms with van der Waals surface area (Å²) >= 11 is 0. The van der Waals surface area contributed by atoms with Crippen molar-refractivity contribution in [2.45, 2.75) is 0 Å². The zero-order valence-corrected chi connectivity index (χ0v) is 8.81. The van der Waals surface area contributed by atoms with Gasteiger partial charge in [0, 0.05) is 43.9 Å². The molecule has 0 aliphatic heterocycles. The van der Waals surface area contributed by atoms with Gasteiger partial charge in [0.1, 0.15) is 0 Å². The van der Waals surface area contributed by atoms with Crippen LogP contribution in [0.25, 0.3) is 0 Å². The summed E-state index contributed by atoms with van der Waals surface area (Å²) in [7, 11) is 0. The standard InChI is InChI=1S/C7H5NO4.Ca/c9-6(10)4-2-1-3-8-5(4)7(11)12;/h1-3H,(H,9,10)(H,11,12);. The van der Waals surface area contributed by atoms with Crippen LogP contribution in [0.4, 0.5) is 0 Å². The van der Waals surface area contributed by atoms with Crippen molar-refractivity contribution in [3.8, 4) is 0 Å². The number of nitrogens with zero attached hydrogens (tertiary/aromatic N) is 1. The number of aromatic nitrogens is 1. The fourth-order valence-electron chi connectivity index (χ4n) is 0.748. The molecule has 5 nitrogen and oxygen atoms in total. The Labute approximate surface area is 103 Å². The van der Waals surface area contributed by atoms with Gasteiger partial charge in [-0.1, -0.05) is 0 Å². The number of rotatable bonds is 2. The fourth-order valence-corrected chi connectivity index (χ4v) is 0.748. The van der Waals surface area contributed by atoms with Crippen LogP contribution in [-0.4, -0.2) is 64.9 Å². The van der Waals surface area contributed by atoms with Gasteiger partial charge < -0.3 is 10.2 Å². The van der Waals surface area contributed by atoms with Gasteiger partial charge in [0.2, 0.25) is 0 Å². The van der Waals surface area contributed by atoms with Gasteiger partial charge in [0.15, 0.2) is 5.69 Å². The van der Waals surface area contributed by atoms with Crippen molar-refractivity contribution in [1.29, 1.82) is 0 Å². The summed E-state index contributed by atoms with van der Waals surface area (Å²) < 4.78 is 0. The van der Waals surface area contributed by atoms with E-state index in [1.165, 1.54) is 18.3 Å². The van der Waals surface area contributed by atoms with Crippen molar-refractivity contribution >= 4 is 49.7 Å². The van der Waals surface area contributed by atoms with E-state index in [1.807, 2.05) is 0 Å². The van der Waals surface area contributed by atoms with Crippen LogP contribution in [0.3, 0.4) is 0 Å². The third-order valence-corrected chi connectivity index (χ3v) is 1.24. The Morgan fingerprint density at radius 3 is 2.23 bits per heavy atom. The Morgan fingerprint density at radius 2 is 1.85 bits per heavy atom. The molecule has 0 atom stereocenters. The van der Waals surface area contributed by atoms with Crippen molar-refractivity contribution in [3.05, 3.63) is 29.6 Å². The van der Waals surface area contributed by atoms with E-state index in [4.69, 9.17) is 10.2 Å². The first-order chi connectivity index (χ1) is 5.63. The minimum Gasteiger partial charge on any atom is -0.478 e. The summed E-state index contributed by atoms with van der Waals surface area (Å²) in [6, 6.07) is 2.56. The number of carboxylic acid groups (broad SMARTS) is 2. The summed E-state index contributed by atoms with van der Waals surface area (Å²) in [6.45, 7) is 0. The molecule has 1 heterocycles. The summed E-state index contributed by atoms with van der Waals surface area (Å²) in [5.74, 6) is -2.63. The zero-order valence-electron chi connectivity index (χ0n) is 6.60. The van der Waals surface area contributed by atoms with Crippen LogP contribution in [-0.2, 0) is 0 Å². The van der Waals surface area contributed by atoms with Gasteiger partial charge in [0.05, 0.1) is 5.56 Å². The van der Waals surface area contributed by atoms with Gasteiger partial charge in [0.25, 0.3) is 0 Å². The number of carbonyl (C=O) groups is 2. The molecule has 1 rings (SSSR count). The van der Waals surface area contributed by atoms with Gasteiger partial charge in [-0.2, -0.15) is 0 Å². The maximum atomic E-state index is 10.4. The van der Waals surface area contributed by atoms with Crippen LogP contribution in [0.5, 0.6) is 0 Å². The minimum absolute atomic E-state index is 0. The number of hydrogen-bond acceptors (Lipinski definition) is 3. The van der Waals surface area contributed by atoms with Gasteiger partial charge in [-0.15, -0.1) is 0 Å². The fraction of sp³-hybridized carbons (Fsp3) is 0. The van der Waals surface area contributed by atoms with E-state index < -0.39 is 17.6 Å². The summed E-state index contributed by atoms with van der Waals surface area (Å²) in [4.78, 5) is 24.2. The summed E-state index contributed by atoms with van der Waals surface area (Å²) in [5.41, 5.74) is -0.741. The Kier molecular flexibility index (Phi) is 4.90. The Hall–Kier alpha value is -0.650. The van der Waals surface area contributed by atoms with Crippen LogP contribution in [0, 0.1) is 0 Å². The summed E-state index contributed by atoms with van der Waals surface area (Å²) in [5, 5.41) is 17.0. The van der Waals surface area contributed by atoms with Crippen LogP contribution in [0.15, 0.2) is 18.3 Å². The van der Waals surface area contributed by atoms with Crippen molar-refractivity contribution in [2.24, 2.45) is 0 Å². The maximum absolute atomic E-state index is 10.4. The molecule has 6 heteroatoms. The molecule has 0 aliphatic carbocycles. The monoisotopic (exact) mass is 207 g/mol. The molecule has 0 saturated carbocycles. The normalized spacial score (nSPS) is 8.62. The quantitative estimate of drug-likeness (QED) is 0.671. The van der Waals surface area contributed by atoms with E-state index >= 15 is 0 Å². The van der Waals surface area contributed by atoms with Gasteiger partial charge in [-0.05, 0) is 12.1 Å². The molecule has 0 fully saturated rings. The number of carboxylic acids is 2. The first-order valence-electron chi connectivity index (χ1n) is 3.04. The average Bonchev–Trinajstić information content (AvgIpc) is 2.04. The molecule has 0 aliphatic rings. The molecule has 1 aromatic rings. The molecule has 0 unspecified atom stereocenters. The molecule has 2 N–H and O–H groups in total. The molecule has 0 spiro atoms. The smallest absolute Gasteiger partial charge is 0.355 e. The van der Waals surface area contributed by atoms with Gasteiger partial charge in [-0.3, -0.25) is 0 Å². The predicted octanol–water partition coefficient (Wildman–Crippen LogP) is 0.0972. The molecule has 13 heavy (non-hydrogen) atoms. The van der Waals surface area contributed by atoms with E-state index in [0.29, 0.717) is 0 Å². The molecule has 0 saturated heterocycles. The molecular weight excluding hydrogens is 202 g/mol. The Morgan fingerprint density at radius 1 is 1.23 bits per heavy atom. The van der Waals surface area contributed by atoms with Gasteiger partial charge >= 0.3 is 11.9 Å². The zero-order chi connectivity index (χ0) is 9.14.